The molecule has 2 aromatic heterocycles. The topological polar surface area (TPSA) is 87.2 Å². The van der Waals surface area contributed by atoms with Crippen LogP contribution in [0.3, 0.4) is 0 Å². The van der Waals surface area contributed by atoms with Crippen LogP contribution in [0.15, 0.2) is 12.4 Å². The standard InChI is InChI=1S/C16H25N5O3/c1-10(2)15-11(6-17-20(15)5)12-7-21(19-18-12)13-8-23-16(3,4)24-9-14(13)22/h6-7,10,13-14,22H,8-9H2,1-5H3/t13-,14-/m1/s1. The van der Waals surface area contributed by atoms with Crippen molar-refractivity contribution in [1.29, 1.82) is 0 Å². The van der Waals surface area contributed by atoms with Crippen molar-refractivity contribution < 1.29 is 14.6 Å². The Bertz CT molecular complexity index is 706. The third-order valence-electron chi connectivity index (χ3n) is 4.31. The van der Waals surface area contributed by atoms with Crippen molar-refractivity contribution >= 4 is 0 Å². The molecule has 1 saturated heterocycles. The number of aliphatic hydroxyl groups excluding tert-OH is 1. The van der Waals surface area contributed by atoms with Crippen LogP contribution < -0.4 is 0 Å². The Balaban J connectivity index is 1.88. The van der Waals surface area contributed by atoms with Crippen molar-refractivity contribution in [2.75, 3.05) is 13.2 Å². The lowest BCUT2D eigenvalue weighted by atomic mass is 10.0. The van der Waals surface area contributed by atoms with Crippen molar-refractivity contribution in [2.45, 2.75) is 51.5 Å². The molecule has 24 heavy (non-hydrogen) atoms. The van der Waals surface area contributed by atoms with Crippen molar-refractivity contribution in [1.82, 2.24) is 24.8 Å². The fourth-order valence-corrected chi connectivity index (χ4v) is 2.98. The van der Waals surface area contributed by atoms with Gasteiger partial charge in [-0.1, -0.05) is 19.1 Å². The van der Waals surface area contributed by atoms with Gasteiger partial charge >= 0.3 is 0 Å². The highest BCUT2D eigenvalue weighted by molar-refractivity contribution is 5.60. The summed E-state index contributed by atoms with van der Waals surface area (Å²) in [5.74, 6) is -0.397. The molecule has 0 amide bonds. The molecule has 2 atom stereocenters. The van der Waals surface area contributed by atoms with Crippen LogP contribution in [0.5, 0.6) is 0 Å². The number of aryl methyl sites for hydroxylation is 1. The first-order valence-corrected chi connectivity index (χ1v) is 8.18. The first-order chi connectivity index (χ1) is 11.3. The van der Waals surface area contributed by atoms with E-state index < -0.39 is 11.9 Å². The average Bonchev–Trinajstić information content (AvgIpc) is 3.09. The lowest BCUT2D eigenvalue weighted by Gasteiger charge is -2.22. The van der Waals surface area contributed by atoms with Crippen LogP contribution in [0.4, 0.5) is 0 Å². The van der Waals surface area contributed by atoms with E-state index in [1.165, 1.54) is 0 Å². The Morgan fingerprint density at radius 3 is 2.71 bits per heavy atom. The number of rotatable bonds is 3. The predicted molar refractivity (Wildman–Crippen MR) is 87.3 cm³/mol. The molecule has 8 heteroatoms. The Kier molecular flexibility index (Phi) is 4.46. The molecule has 3 heterocycles. The van der Waals surface area contributed by atoms with Crippen LogP contribution in [-0.4, -0.2) is 55.0 Å². The van der Waals surface area contributed by atoms with Crippen LogP contribution in [0.2, 0.25) is 0 Å². The fourth-order valence-electron chi connectivity index (χ4n) is 2.98. The molecular weight excluding hydrogens is 310 g/mol. The molecular formula is C16H25N5O3. The maximum absolute atomic E-state index is 10.4. The summed E-state index contributed by atoms with van der Waals surface area (Å²) in [5.41, 5.74) is 2.80. The smallest absolute Gasteiger partial charge is 0.162 e. The Morgan fingerprint density at radius 2 is 2.00 bits per heavy atom. The largest absolute Gasteiger partial charge is 0.388 e. The zero-order valence-electron chi connectivity index (χ0n) is 14.8. The molecule has 0 unspecified atom stereocenters. The van der Waals surface area contributed by atoms with Gasteiger partial charge in [0.05, 0.1) is 31.3 Å². The van der Waals surface area contributed by atoms with E-state index >= 15 is 0 Å². The SMILES string of the molecule is CC(C)c1c(-c2cn([C@@H]3COC(C)(C)OC[C@H]3O)nn2)cnn1C. The summed E-state index contributed by atoms with van der Waals surface area (Å²) in [6.07, 6.45) is 2.92. The van der Waals surface area contributed by atoms with Gasteiger partial charge in [-0.15, -0.1) is 5.10 Å². The summed E-state index contributed by atoms with van der Waals surface area (Å²) >= 11 is 0. The first kappa shape index (κ1) is 17.1. The van der Waals surface area contributed by atoms with Gasteiger partial charge in [0.25, 0.3) is 0 Å². The molecule has 0 spiro atoms. The van der Waals surface area contributed by atoms with E-state index in [0.29, 0.717) is 12.5 Å². The summed E-state index contributed by atoms with van der Waals surface area (Å²) in [4.78, 5) is 0. The van der Waals surface area contributed by atoms with E-state index in [0.717, 1.165) is 17.0 Å². The lowest BCUT2D eigenvalue weighted by Crippen LogP contribution is -2.29. The van der Waals surface area contributed by atoms with Gasteiger partial charge in [0.1, 0.15) is 17.8 Å². The lowest BCUT2D eigenvalue weighted by molar-refractivity contribution is -0.204. The number of hydrogen-bond acceptors (Lipinski definition) is 6. The molecule has 1 N–H and O–H groups in total. The minimum Gasteiger partial charge on any atom is -0.388 e. The quantitative estimate of drug-likeness (QED) is 0.914. The second-order valence-corrected chi connectivity index (χ2v) is 6.96. The van der Waals surface area contributed by atoms with E-state index in [1.54, 1.807) is 10.9 Å². The van der Waals surface area contributed by atoms with Crippen molar-refractivity contribution in [3.63, 3.8) is 0 Å². The maximum atomic E-state index is 10.4. The minimum atomic E-state index is -0.715. The third kappa shape index (κ3) is 3.22. The molecule has 0 aromatic carbocycles. The number of aromatic nitrogens is 5. The average molecular weight is 335 g/mol. The van der Waals surface area contributed by atoms with Gasteiger partial charge in [-0.2, -0.15) is 5.10 Å². The molecule has 132 valence electrons. The van der Waals surface area contributed by atoms with Crippen LogP contribution in [0, 0.1) is 0 Å². The highest BCUT2D eigenvalue weighted by Gasteiger charge is 2.33. The number of aliphatic hydroxyl groups is 1. The molecule has 3 rings (SSSR count). The van der Waals surface area contributed by atoms with E-state index in [9.17, 15) is 5.11 Å². The van der Waals surface area contributed by atoms with Crippen LogP contribution in [0.25, 0.3) is 11.3 Å². The summed E-state index contributed by atoms with van der Waals surface area (Å²) in [7, 11) is 1.92. The third-order valence-corrected chi connectivity index (χ3v) is 4.31. The summed E-state index contributed by atoms with van der Waals surface area (Å²) in [6.45, 7) is 8.40. The first-order valence-electron chi connectivity index (χ1n) is 8.18. The Hall–Kier alpha value is -1.77. The highest BCUT2D eigenvalue weighted by Crippen LogP contribution is 2.29. The summed E-state index contributed by atoms with van der Waals surface area (Å²) in [5, 5.41) is 23.2. The molecule has 0 bridgehead atoms. The van der Waals surface area contributed by atoms with Gasteiger partial charge < -0.3 is 14.6 Å². The van der Waals surface area contributed by atoms with E-state index in [-0.39, 0.29) is 12.6 Å². The molecule has 0 aliphatic carbocycles. The zero-order valence-corrected chi connectivity index (χ0v) is 14.8. The van der Waals surface area contributed by atoms with Gasteiger partial charge in [-0.05, 0) is 19.8 Å². The van der Waals surface area contributed by atoms with Crippen molar-refractivity contribution in [3.8, 4) is 11.3 Å². The molecule has 8 nitrogen and oxygen atoms in total. The van der Waals surface area contributed by atoms with E-state index in [2.05, 4.69) is 29.3 Å². The van der Waals surface area contributed by atoms with Gasteiger partial charge in [-0.3, -0.25) is 4.68 Å². The minimum absolute atomic E-state index is 0.191. The fraction of sp³-hybridized carbons (Fsp3) is 0.688. The van der Waals surface area contributed by atoms with Crippen molar-refractivity contribution in [3.05, 3.63) is 18.1 Å². The van der Waals surface area contributed by atoms with Gasteiger partial charge in [0, 0.05) is 12.6 Å². The summed E-state index contributed by atoms with van der Waals surface area (Å²) < 4.78 is 14.8. The van der Waals surface area contributed by atoms with Gasteiger partial charge in [0.2, 0.25) is 0 Å². The van der Waals surface area contributed by atoms with Crippen molar-refractivity contribution in [2.24, 2.45) is 7.05 Å². The maximum Gasteiger partial charge on any atom is 0.162 e. The highest BCUT2D eigenvalue weighted by atomic mass is 16.7. The summed E-state index contributed by atoms with van der Waals surface area (Å²) in [6, 6.07) is -0.341. The second-order valence-electron chi connectivity index (χ2n) is 6.96. The van der Waals surface area contributed by atoms with E-state index in [4.69, 9.17) is 9.47 Å². The van der Waals surface area contributed by atoms with Crippen LogP contribution in [0.1, 0.15) is 45.3 Å². The van der Waals surface area contributed by atoms with Gasteiger partial charge in [0.15, 0.2) is 5.79 Å². The second kappa shape index (κ2) is 6.27. The number of hydrogen-bond donors (Lipinski definition) is 1. The van der Waals surface area contributed by atoms with Gasteiger partial charge in [-0.25, -0.2) is 4.68 Å². The van der Waals surface area contributed by atoms with Crippen LogP contribution in [-0.2, 0) is 16.5 Å². The molecule has 1 aliphatic rings. The molecule has 1 aliphatic heterocycles. The monoisotopic (exact) mass is 335 g/mol. The molecule has 0 radical (unpaired) electrons. The molecule has 0 saturated carbocycles. The van der Waals surface area contributed by atoms with Crippen LogP contribution >= 0.6 is 0 Å². The number of nitrogens with zero attached hydrogens (tertiary/aromatic N) is 5. The molecule has 2 aromatic rings. The predicted octanol–water partition coefficient (Wildman–Crippen LogP) is 1.49. The van der Waals surface area contributed by atoms with E-state index in [1.807, 2.05) is 31.8 Å². The zero-order chi connectivity index (χ0) is 17.5. The normalized spacial score (nSPS) is 24.3. The Labute approximate surface area is 141 Å². The molecule has 1 fully saturated rings. The number of ether oxygens (including phenoxy) is 2. The Morgan fingerprint density at radius 1 is 1.29 bits per heavy atom.